The van der Waals surface area contributed by atoms with Gasteiger partial charge in [-0.3, -0.25) is 14.7 Å². The predicted molar refractivity (Wildman–Crippen MR) is 117 cm³/mol. The molecule has 1 aliphatic heterocycles. The van der Waals surface area contributed by atoms with Crippen LogP contribution in [0.5, 0.6) is 0 Å². The Balaban J connectivity index is 1.80. The molecule has 1 aliphatic rings. The molecule has 1 aromatic carbocycles. The number of unbranched alkanes of at least 4 members (excludes halogenated alkanes) is 2. The Bertz CT molecular complexity index is 1080. The Hall–Kier alpha value is -3.23. The largest absolute Gasteiger partial charge is 0.273 e. The van der Waals surface area contributed by atoms with E-state index >= 15 is 0 Å². The summed E-state index contributed by atoms with van der Waals surface area (Å²) in [7, 11) is 0. The van der Waals surface area contributed by atoms with Crippen LogP contribution in [0.3, 0.4) is 0 Å². The van der Waals surface area contributed by atoms with E-state index in [1.807, 2.05) is 36.4 Å². The summed E-state index contributed by atoms with van der Waals surface area (Å²) < 4.78 is 0. The molecule has 3 aromatic rings. The third kappa shape index (κ3) is 3.67. The van der Waals surface area contributed by atoms with Crippen LogP contribution in [0.25, 0.3) is 0 Å². The van der Waals surface area contributed by atoms with E-state index in [4.69, 9.17) is 16.9 Å². The van der Waals surface area contributed by atoms with Crippen LogP contribution < -0.4 is 4.90 Å². The maximum Gasteiger partial charge on any atom is 0.243 e. The molecule has 3 heterocycles. The van der Waals surface area contributed by atoms with Gasteiger partial charge in [-0.25, -0.2) is 4.98 Å². The molecule has 1 atom stereocenters. The minimum absolute atomic E-state index is 0.00675. The smallest absolute Gasteiger partial charge is 0.243 e. The van der Waals surface area contributed by atoms with Crippen molar-refractivity contribution in [2.45, 2.75) is 37.5 Å². The number of benzene rings is 1. The van der Waals surface area contributed by atoms with Crippen molar-refractivity contribution in [2.75, 3.05) is 4.90 Å². The minimum Gasteiger partial charge on any atom is -0.273 e. The summed E-state index contributed by atoms with van der Waals surface area (Å²) in [4.78, 5) is 24.4. The summed E-state index contributed by atoms with van der Waals surface area (Å²) in [5, 5.41) is 9.54. The molecule has 0 aliphatic carbocycles. The second-order valence-electron chi connectivity index (χ2n) is 7.47. The van der Waals surface area contributed by atoms with E-state index in [0.29, 0.717) is 30.1 Å². The van der Waals surface area contributed by atoms with Gasteiger partial charge in [-0.1, -0.05) is 24.1 Å². The van der Waals surface area contributed by atoms with Gasteiger partial charge in [-0.15, -0.1) is 0 Å². The summed E-state index contributed by atoms with van der Waals surface area (Å²) in [6.45, 7) is 0. The zero-order valence-corrected chi connectivity index (χ0v) is 17.2. The fourth-order valence-corrected chi connectivity index (χ4v) is 4.31. The number of fused-ring (bicyclic) bond motifs is 1. The fraction of sp³-hybridized carbons (Fsp3) is 0.250. The van der Waals surface area contributed by atoms with Gasteiger partial charge in [-0.05, 0) is 67.3 Å². The maximum atomic E-state index is 14.0. The predicted octanol–water partition coefficient (Wildman–Crippen LogP) is 5.37. The van der Waals surface area contributed by atoms with Gasteiger partial charge in [0.25, 0.3) is 0 Å². The lowest BCUT2D eigenvalue weighted by Crippen LogP contribution is -2.40. The van der Waals surface area contributed by atoms with Gasteiger partial charge in [0.1, 0.15) is 5.82 Å². The van der Waals surface area contributed by atoms with E-state index < -0.39 is 5.41 Å². The minimum atomic E-state index is -0.736. The third-order valence-electron chi connectivity index (χ3n) is 5.61. The van der Waals surface area contributed by atoms with E-state index in [1.165, 1.54) is 0 Å². The van der Waals surface area contributed by atoms with Crippen LogP contribution in [-0.4, -0.2) is 15.9 Å². The van der Waals surface area contributed by atoms with E-state index in [9.17, 15) is 4.79 Å². The SMILES string of the molecule is N#CCCCCC1(Cc2ccncc2)C(=O)N(c2ccc(Cl)cc2)c2ncccc21. The van der Waals surface area contributed by atoms with Crippen molar-refractivity contribution in [2.24, 2.45) is 0 Å². The number of carbonyl (C=O) groups is 1. The Morgan fingerprint density at radius 3 is 2.53 bits per heavy atom. The molecule has 0 fully saturated rings. The zero-order chi connectivity index (χ0) is 21.0. The number of anilines is 2. The number of hydrogen-bond donors (Lipinski definition) is 0. The van der Waals surface area contributed by atoms with Gasteiger partial charge in [0.15, 0.2) is 0 Å². The summed E-state index contributed by atoms with van der Waals surface area (Å²) in [6.07, 6.45) is 8.46. The summed E-state index contributed by atoms with van der Waals surface area (Å²) in [6, 6.07) is 17.2. The summed E-state index contributed by atoms with van der Waals surface area (Å²) >= 11 is 6.07. The highest BCUT2D eigenvalue weighted by molar-refractivity contribution is 6.30. The highest BCUT2D eigenvalue weighted by atomic mass is 35.5. The molecule has 0 saturated heterocycles. The number of nitriles is 1. The van der Waals surface area contributed by atoms with Crippen LogP contribution >= 0.6 is 11.6 Å². The molecular weight excluding hydrogens is 396 g/mol. The van der Waals surface area contributed by atoms with Crippen LogP contribution in [0.15, 0.2) is 67.1 Å². The number of hydrogen-bond acceptors (Lipinski definition) is 4. The van der Waals surface area contributed by atoms with Crippen LogP contribution in [0.1, 0.15) is 36.8 Å². The Labute approximate surface area is 181 Å². The van der Waals surface area contributed by atoms with Crippen molar-refractivity contribution < 1.29 is 4.79 Å². The van der Waals surface area contributed by atoms with Gasteiger partial charge < -0.3 is 0 Å². The van der Waals surface area contributed by atoms with Crippen molar-refractivity contribution in [3.63, 3.8) is 0 Å². The van der Waals surface area contributed by atoms with Gasteiger partial charge in [0, 0.05) is 35.6 Å². The number of rotatable bonds is 7. The number of nitrogens with zero attached hydrogens (tertiary/aromatic N) is 4. The fourth-order valence-electron chi connectivity index (χ4n) is 4.18. The number of amides is 1. The van der Waals surface area contributed by atoms with Crippen molar-refractivity contribution >= 4 is 29.0 Å². The van der Waals surface area contributed by atoms with Crippen LogP contribution in [0.4, 0.5) is 11.5 Å². The summed E-state index contributed by atoms with van der Waals surface area (Å²) in [5.41, 5.74) is 1.99. The average molecular weight is 417 g/mol. The number of carbonyl (C=O) groups excluding carboxylic acids is 1. The van der Waals surface area contributed by atoms with Gasteiger partial charge >= 0.3 is 0 Å². The zero-order valence-electron chi connectivity index (χ0n) is 16.5. The molecular formula is C24H21ClN4O. The van der Waals surface area contributed by atoms with E-state index in [0.717, 1.165) is 29.7 Å². The first-order chi connectivity index (χ1) is 14.7. The second kappa shape index (κ2) is 8.64. The molecule has 0 bridgehead atoms. The third-order valence-corrected chi connectivity index (χ3v) is 5.86. The first kappa shape index (κ1) is 20.1. The molecule has 150 valence electrons. The monoisotopic (exact) mass is 416 g/mol. The number of pyridine rings is 2. The highest BCUT2D eigenvalue weighted by Crippen LogP contribution is 2.48. The van der Waals surface area contributed by atoms with Crippen molar-refractivity contribution in [3.05, 3.63) is 83.3 Å². The molecule has 0 saturated carbocycles. The van der Waals surface area contributed by atoms with E-state index in [-0.39, 0.29) is 5.91 Å². The molecule has 1 amide bonds. The molecule has 1 unspecified atom stereocenters. The van der Waals surface area contributed by atoms with Gasteiger partial charge in [0.05, 0.1) is 17.2 Å². The molecule has 6 heteroatoms. The quantitative estimate of drug-likeness (QED) is 0.485. The number of aromatic nitrogens is 2. The molecule has 30 heavy (non-hydrogen) atoms. The standard InChI is InChI=1S/C24H21ClN4O/c25-19-6-8-20(9-7-19)29-22-21(5-4-14-28-22)24(23(29)30,12-2-1-3-13-26)17-18-10-15-27-16-11-18/h4-11,14-16H,1-3,12,17H2. The molecule has 0 radical (unpaired) electrons. The molecule has 4 rings (SSSR count). The Kier molecular flexibility index (Phi) is 5.78. The first-order valence-corrected chi connectivity index (χ1v) is 10.3. The average Bonchev–Trinajstić information content (AvgIpc) is 3.01. The topological polar surface area (TPSA) is 69.9 Å². The number of halogens is 1. The van der Waals surface area contributed by atoms with Gasteiger partial charge in [-0.2, -0.15) is 5.26 Å². The summed E-state index contributed by atoms with van der Waals surface area (Å²) in [5.74, 6) is 0.673. The van der Waals surface area contributed by atoms with E-state index in [2.05, 4.69) is 16.0 Å². The second-order valence-corrected chi connectivity index (χ2v) is 7.91. The highest BCUT2D eigenvalue weighted by Gasteiger charge is 2.51. The van der Waals surface area contributed by atoms with Crippen LogP contribution in [0.2, 0.25) is 5.02 Å². The first-order valence-electron chi connectivity index (χ1n) is 9.97. The molecule has 2 aromatic heterocycles. The van der Waals surface area contributed by atoms with E-state index in [1.54, 1.807) is 35.6 Å². The van der Waals surface area contributed by atoms with Crippen molar-refractivity contribution in [1.82, 2.24) is 9.97 Å². The lowest BCUT2D eigenvalue weighted by Gasteiger charge is -2.29. The lowest BCUT2D eigenvalue weighted by atomic mass is 9.73. The normalized spacial score (nSPS) is 17.6. The van der Waals surface area contributed by atoms with Crippen LogP contribution in [0, 0.1) is 11.3 Å². The van der Waals surface area contributed by atoms with Crippen LogP contribution in [-0.2, 0) is 16.6 Å². The van der Waals surface area contributed by atoms with Crippen molar-refractivity contribution in [3.8, 4) is 6.07 Å². The Morgan fingerprint density at radius 1 is 1.03 bits per heavy atom. The van der Waals surface area contributed by atoms with Gasteiger partial charge in [0.2, 0.25) is 5.91 Å². The molecule has 0 N–H and O–H groups in total. The Morgan fingerprint density at radius 2 is 1.80 bits per heavy atom. The maximum absolute atomic E-state index is 14.0. The lowest BCUT2D eigenvalue weighted by molar-refractivity contribution is -0.122. The molecule has 5 nitrogen and oxygen atoms in total. The molecule has 0 spiro atoms. The van der Waals surface area contributed by atoms with Crippen molar-refractivity contribution in [1.29, 1.82) is 5.26 Å².